The molecule has 0 bridgehead atoms. The van der Waals surface area contributed by atoms with Crippen molar-refractivity contribution in [3.8, 4) is 0 Å². The minimum absolute atomic E-state index is 0. The molecule has 1 heterocycles. The number of benzene rings is 2. The van der Waals surface area contributed by atoms with Gasteiger partial charge in [0.15, 0.2) is 5.96 Å². The number of ether oxygens (including phenoxy) is 1. The molecule has 0 amide bonds. The van der Waals surface area contributed by atoms with Crippen LogP contribution < -0.4 is 10.6 Å². The Hall–Kier alpha value is -2.27. The van der Waals surface area contributed by atoms with Gasteiger partial charge in [-0.15, -0.1) is 24.0 Å². The topological polar surface area (TPSA) is 61.4 Å². The third kappa shape index (κ3) is 8.41. The standard InChI is InChI=1S/C22H25F3N4O.HI/c1-2-26-21(28-13-19-11-18-5-3-4-6-20(18)29-19)27-12-16-7-9-17(10-8-16)14-30-15-22(23,24)25;/h3-11,29H,2,12-15H2,1H3,(H2,26,27,28);1H. The van der Waals surface area contributed by atoms with Crippen LogP contribution in [0.2, 0.25) is 0 Å². The van der Waals surface area contributed by atoms with Crippen molar-refractivity contribution < 1.29 is 17.9 Å². The summed E-state index contributed by atoms with van der Waals surface area (Å²) >= 11 is 0. The Labute approximate surface area is 196 Å². The summed E-state index contributed by atoms with van der Waals surface area (Å²) in [7, 11) is 0. The van der Waals surface area contributed by atoms with Gasteiger partial charge >= 0.3 is 6.18 Å². The number of alkyl halides is 3. The number of guanidine groups is 1. The SMILES string of the molecule is CCNC(=NCc1ccc(COCC(F)(F)F)cc1)NCc1cc2ccccc2[nH]1.I. The zero-order valence-corrected chi connectivity index (χ0v) is 19.5. The van der Waals surface area contributed by atoms with Crippen molar-refractivity contribution in [1.29, 1.82) is 0 Å². The monoisotopic (exact) mass is 546 g/mol. The second-order valence-corrected chi connectivity index (χ2v) is 6.86. The number of halogens is 4. The van der Waals surface area contributed by atoms with Crippen LogP contribution in [-0.4, -0.2) is 30.3 Å². The average Bonchev–Trinajstić information content (AvgIpc) is 3.13. The molecule has 2 aromatic carbocycles. The first kappa shape index (κ1) is 25.0. The van der Waals surface area contributed by atoms with Crippen molar-refractivity contribution in [3.05, 3.63) is 71.4 Å². The number of H-pyrrole nitrogens is 1. The number of nitrogens with one attached hydrogen (secondary N) is 3. The lowest BCUT2D eigenvalue weighted by Gasteiger charge is -2.11. The summed E-state index contributed by atoms with van der Waals surface area (Å²) in [6, 6.07) is 17.4. The number of aromatic amines is 1. The first-order valence-electron chi connectivity index (χ1n) is 9.74. The number of para-hydroxylation sites is 1. The summed E-state index contributed by atoms with van der Waals surface area (Å²) in [6.07, 6.45) is -4.31. The summed E-state index contributed by atoms with van der Waals surface area (Å²) in [4.78, 5) is 7.95. The third-order valence-corrected chi connectivity index (χ3v) is 4.35. The van der Waals surface area contributed by atoms with Gasteiger partial charge in [0.05, 0.1) is 19.7 Å². The van der Waals surface area contributed by atoms with Crippen LogP contribution in [0.15, 0.2) is 59.6 Å². The van der Waals surface area contributed by atoms with Gasteiger partial charge in [0.25, 0.3) is 0 Å². The molecule has 0 aliphatic rings. The largest absolute Gasteiger partial charge is 0.411 e. The van der Waals surface area contributed by atoms with Crippen molar-refractivity contribution in [3.63, 3.8) is 0 Å². The van der Waals surface area contributed by atoms with Gasteiger partial charge in [-0.25, -0.2) is 4.99 Å². The maximum Gasteiger partial charge on any atom is 0.411 e. The third-order valence-electron chi connectivity index (χ3n) is 4.35. The van der Waals surface area contributed by atoms with Gasteiger partial charge in [0.2, 0.25) is 0 Å². The normalized spacial score (nSPS) is 11.9. The van der Waals surface area contributed by atoms with Gasteiger partial charge in [-0.1, -0.05) is 42.5 Å². The van der Waals surface area contributed by atoms with Crippen molar-refractivity contribution in [2.45, 2.75) is 32.8 Å². The molecular formula is C22H26F3IN4O. The summed E-state index contributed by atoms with van der Waals surface area (Å²) in [5, 5.41) is 7.67. The number of fused-ring (bicyclic) bond motifs is 1. The van der Waals surface area contributed by atoms with Crippen LogP contribution in [-0.2, 0) is 24.4 Å². The van der Waals surface area contributed by atoms with Gasteiger partial charge in [-0.05, 0) is 35.6 Å². The fraction of sp³-hybridized carbons (Fsp3) is 0.318. The molecule has 31 heavy (non-hydrogen) atoms. The molecule has 0 saturated heterocycles. The second-order valence-electron chi connectivity index (χ2n) is 6.86. The van der Waals surface area contributed by atoms with E-state index in [1.54, 1.807) is 12.1 Å². The molecule has 9 heteroatoms. The highest BCUT2D eigenvalue weighted by Gasteiger charge is 2.27. The van der Waals surface area contributed by atoms with Gasteiger partial charge in [-0.2, -0.15) is 13.2 Å². The van der Waals surface area contributed by atoms with Gasteiger partial charge in [0, 0.05) is 17.8 Å². The molecule has 0 saturated carbocycles. The maximum atomic E-state index is 12.1. The fourth-order valence-electron chi connectivity index (χ4n) is 2.95. The molecule has 5 nitrogen and oxygen atoms in total. The van der Waals surface area contributed by atoms with Crippen molar-refractivity contribution in [2.75, 3.05) is 13.2 Å². The molecule has 1 aromatic heterocycles. The number of rotatable bonds is 8. The number of aromatic nitrogens is 1. The van der Waals surface area contributed by atoms with E-state index in [1.807, 2.05) is 37.3 Å². The number of hydrogen-bond donors (Lipinski definition) is 3. The summed E-state index contributed by atoms with van der Waals surface area (Å²) in [5.41, 5.74) is 3.80. The van der Waals surface area contributed by atoms with Crippen LogP contribution in [0, 0.1) is 0 Å². The van der Waals surface area contributed by atoms with Gasteiger partial charge < -0.3 is 20.4 Å². The van der Waals surface area contributed by atoms with E-state index >= 15 is 0 Å². The molecule has 0 unspecified atom stereocenters. The first-order valence-corrected chi connectivity index (χ1v) is 9.74. The first-order chi connectivity index (χ1) is 14.4. The molecular weight excluding hydrogens is 520 g/mol. The molecule has 0 aliphatic carbocycles. The summed E-state index contributed by atoms with van der Waals surface area (Å²) in [5.74, 6) is 0.689. The lowest BCUT2D eigenvalue weighted by molar-refractivity contribution is -0.176. The fourth-order valence-corrected chi connectivity index (χ4v) is 2.95. The van der Waals surface area contributed by atoms with Crippen LogP contribution in [0.3, 0.4) is 0 Å². The van der Waals surface area contributed by atoms with E-state index in [2.05, 4.69) is 37.5 Å². The van der Waals surface area contributed by atoms with Crippen LogP contribution in [0.25, 0.3) is 10.9 Å². The summed E-state index contributed by atoms with van der Waals surface area (Å²) < 4.78 is 41.1. The van der Waals surface area contributed by atoms with Crippen LogP contribution >= 0.6 is 24.0 Å². The second kappa shape index (κ2) is 11.9. The van der Waals surface area contributed by atoms with E-state index in [1.165, 1.54) is 0 Å². The Morgan fingerprint density at radius 1 is 1.03 bits per heavy atom. The minimum Gasteiger partial charge on any atom is -0.367 e. The van der Waals surface area contributed by atoms with Gasteiger partial charge in [-0.3, -0.25) is 0 Å². The molecule has 0 aliphatic heterocycles. The van der Waals surface area contributed by atoms with Crippen molar-refractivity contribution in [2.24, 2.45) is 4.99 Å². The molecule has 3 aromatic rings. The molecule has 0 radical (unpaired) electrons. The smallest absolute Gasteiger partial charge is 0.367 e. The Morgan fingerprint density at radius 2 is 1.74 bits per heavy atom. The minimum atomic E-state index is -4.31. The van der Waals surface area contributed by atoms with Crippen LogP contribution in [0.4, 0.5) is 13.2 Å². The quantitative estimate of drug-likeness (QED) is 0.209. The van der Waals surface area contributed by atoms with E-state index in [4.69, 9.17) is 0 Å². The zero-order valence-electron chi connectivity index (χ0n) is 17.1. The molecule has 168 valence electrons. The number of hydrogen-bond acceptors (Lipinski definition) is 2. The van der Waals surface area contributed by atoms with E-state index in [-0.39, 0.29) is 30.6 Å². The lowest BCUT2D eigenvalue weighted by atomic mass is 10.1. The van der Waals surface area contributed by atoms with E-state index < -0.39 is 12.8 Å². The molecule has 0 spiro atoms. The Morgan fingerprint density at radius 3 is 2.42 bits per heavy atom. The average molecular weight is 546 g/mol. The Balaban J connectivity index is 0.00000341. The van der Waals surface area contributed by atoms with E-state index in [0.717, 1.165) is 28.7 Å². The highest BCUT2D eigenvalue weighted by atomic mass is 127. The van der Waals surface area contributed by atoms with E-state index in [0.29, 0.717) is 24.6 Å². The maximum absolute atomic E-state index is 12.1. The highest BCUT2D eigenvalue weighted by molar-refractivity contribution is 14.0. The number of nitrogens with zero attached hydrogens (tertiary/aromatic N) is 1. The Kier molecular flexibility index (Phi) is 9.63. The predicted molar refractivity (Wildman–Crippen MR) is 128 cm³/mol. The highest BCUT2D eigenvalue weighted by Crippen LogP contribution is 2.16. The molecule has 3 rings (SSSR count). The van der Waals surface area contributed by atoms with Crippen LogP contribution in [0.1, 0.15) is 23.7 Å². The van der Waals surface area contributed by atoms with E-state index in [9.17, 15) is 13.2 Å². The molecule has 0 atom stereocenters. The Bertz CT molecular complexity index is 938. The lowest BCUT2D eigenvalue weighted by Crippen LogP contribution is -2.36. The zero-order chi connectivity index (χ0) is 21.4. The van der Waals surface area contributed by atoms with Crippen molar-refractivity contribution >= 4 is 40.8 Å². The van der Waals surface area contributed by atoms with Gasteiger partial charge in [0.1, 0.15) is 6.61 Å². The molecule has 0 fully saturated rings. The van der Waals surface area contributed by atoms with Crippen molar-refractivity contribution in [1.82, 2.24) is 15.6 Å². The number of aliphatic imine (C=N–C) groups is 1. The molecule has 3 N–H and O–H groups in total. The predicted octanol–water partition coefficient (Wildman–Crippen LogP) is 5.12. The van der Waals surface area contributed by atoms with Crippen LogP contribution in [0.5, 0.6) is 0 Å². The summed E-state index contributed by atoms with van der Waals surface area (Å²) in [6.45, 7) is 2.47.